The molecule has 0 radical (unpaired) electrons. The van der Waals surface area contributed by atoms with Crippen molar-refractivity contribution in [2.75, 3.05) is 7.11 Å². The van der Waals surface area contributed by atoms with Gasteiger partial charge in [0.1, 0.15) is 11.8 Å². The van der Waals surface area contributed by atoms with Crippen molar-refractivity contribution in [3.8, 4) is 11.8 Å². The SMILES string of the molecule is COc1cc(C=CC(N)=O)ccc1C#N. The Hall–Kier alpha value is -2.28. The number of carbonyl (C=O) groups is 1. The van der Waals surface area contributed by atoms with Gasteiger partial charge in [-0.05, 0) is 23.8 Å². The lowest BCUT2D eigenvalue weighted by Crippen LogP contribution is -2.05. The van der Waals surface area contributed by atoms with E-state index in [0.29, 0.717) is 11.3 Å². The molecule has 0 heterocycles. The standard InChI is InChI=1S/C11H10N2O2/c1-15-10-6-8(3-5-11(13)14)2-4-9(10)7-12/h2-6H,1H3,(H2,13,14). The monoisotopic (exact) mass is 202 g/mol. The maximum absolute atomic E-state index is 10.5. The Morgan fingerprint density at radius 1 is 1.60 bits per heavy atom. The summed E-state index contributed by atoms with van der Waals surface area (Å²) in [5.74, 6) is -0.0394. The number of benzene rings is 1. The fourth-order valence-electron chi connectivity index (χ4n) is 1.08. The molecule has 0 saturated heterocycles. The van der Waals surface area contributed by atoms with Gasteiger partial charge >= 0.3 is 0 Å². The lowest BCUT2D eigenvalue weighted by atomic mass is 10.1. The third-order valence-electron chi connectivity index (χ3n) is 1.79. The van der Waals surface area contributed by atoms with Gasteiger partial charge in [0.2, 0.25) is 5.91 Å². The number of amides is 1. The summed E-state index contributed by atoms with van der Waals surface area (Å²) in [5, 5.41) is 8.74. The Balaban J connectivity index is 3.04. The zero-order valence-electron chi connectivity index (χ0n) is 8.23. The van der Waals surface area contributed by atoms with Crippen LogP contribution in [-0.4, -0.2) is 13.0 Å². The highest BCUT2D eigenvalue weighted by atomic mass is 16.5. The number of carbonyl (C=O) groups excluding carboxylic acids is 1. The molecule has 15 heavy (non-hydrogen) atoms. The first-order chi connectivity index (χ1) is 7.17. The van der Waals surface area contributed by atoms with Crippen molar-refractivity contribution in [2.24, 2.45) is 5.73 Å². The summed E-state index contributed by atoms with van der Waals surface area (Å²) in [7, 11) is 1.48. The Morgan fingerprint density at radius 3 is 2.87 bits per heavy atom. The van der Waals surface area contributed by atoms with Crippen LogP contribution in [0.3, 0.4) is 0 Å². The maximum Gasteiger partial charge on any atom is 0.241 e. The van der Waals surface area contributed by atoms with E-state index >= 15 is 0 Å². The van der Waals surface area contributed by atoms with E-state index in [4.69, 9.17) is 15.7 Å². The molecule has 0 bridgehead atoms. The first-order valence-electron chi connectivity index (χ1n) is 4.23. The third kappa shape index (κ3) is 2.85. The zero-order valence-corrected chi connectivity index (χ0v) is 8.23. The fraction of sp³-hybridized carbons (Fsp3) is 0.0909. The minimum atomic E-state index is -0.515. The number of hydrogen-bond acceptors (Lipinski definition) is 3. The van der Waals surface area contributed by atoms with Gasteiger partial charge in [-0.15, -0.1) is 0 Å². The molecule has 0 aliphatic heterocycles. The Kier molecular flexibility index (Phi) is 3.47. The van der Waals surface area contributed by atoms with Crippen molar-refractivity contribution in [3.63, 3.8) is 0 Å². The number of nitrogens with two attached hydrogens (primary N) is 1. The second-order valence-electron chi connectivity index (χ2n) is 2.81. The molecule has 0 unspecified atom stereocenters. The molecule has 1 aromatic carbocycles. The first kappa shape index (κ1) is 10.8. The Labute approximate surface area is 87.6 Å². The Morgan fingerprint density at radius 2 is 2.33 bits per heavy atom. The van der Waals surface area contributed by atoms with Crippen LogP contribution in [0.2, 0.25) is 0 Å². The molecule has 0 atom stereocenters. The molecule has 0 aromatic heterocycles. The summed E-state index contributed by atoms with van der Waals surface area (Å²) in [5.41, 5.74) is 6.16. The maximum atomic E-state index is 10.5. The van der Waals surface area contributed by atoms with Crippen LogP contribution in [0.25, 0.3) is 6.08 Å². The molecule has 2 N–H and O–H groups in total. The van der Waals surface area contributed by atoms with Gasteiger partial charge in [-0.3, -0.25) is 4.79 Å². The van der Waals surface area contributed by atoms with Crippen molar-refractivity contribution in [1.29, 1.82) is 5.26 Å². The molecule has 0 saturated carbocycles. The van der Waals surface area contributed by atoms with E-state index in [2.05, 4.69) is 0 Å². The molecule has 0 fully saturated rings. The summed E-state index contributed by atoms with van der Waals surface area (Å²) < 4.78 is 5.01. The highest BCUT2D eigenvalue weighted by Gasteiger charge is 2.01. The summed E-state index contributed by atoms with van der Waals surface area (Å²) >= 11 is 0. The van der Waals surface area contributed by atoms with Crippen molar-refractivity contribution >= 4 is 12.0 Å². The van der Waals surface area contributed by atoms with E-state index < -0.39 is 5.91 Å². The van der Waals surface area contributed by atoms with Crippen LogP contribution < -0.4 is 10.5 Å². The predicted molar refractivity (Wildman–Crippen MR) is 55.9 cm³/mol. The van der Waals surface area contributed by atoms with E-state index in [1.54, 1.807) is 24.3 Å². The highest BCUT2D eigenvalue weighted by molar-refractivity contribution is 5.90. The number of primary amides is 1. The van der Waals surface area contributed by atoms with Crippen molar-refractivity contribution < 1.29 is 9.53 Å². The zero-order chi connectivity index (χ0) is 11.3. The number of nitriles is 1. The molecule has 1 amide bonds. The summed E-state index contributed by atoms with van der Waals surface area (Å²) in [6, 6.07) is 7.00. The molecule has 4 nitrogen and oxygen atoms in total. The second-order valence-corrected chi connectivity index (χ2v) is 2.81. The fourth-order valence-corrected chi connectivity index (χ4v) is 1.08. The van der Waals surface area contributed by atoms with E-state index in [1.165, 1.54) is 13.2 Å². The van der Waals surface area contributed by atoms with Crippen molar-refractivity contribution in [2.45, 2.75) is 0 Å². The molecule has 76 valence electrons. The highest BCUT2D eigenvalue weighted by Crippen LogP contribution is 2.19. The van der Waals surface area contributed by atoms with E-state index in [1.807, 2.05) is 6.07 Å². The average Bonchev–Trinajstić information content (AvgIpc) is 2.25. The number of ether oxygens (including phenoxy) is 1. The summed E-state index contributed by atoms with van der Waals surface area (Å²) in [6.07, 6.45) is 2.81. The molecule has 0 aliphatic carbocycles. The first-order valence-corrected chi connectivity index (χ1v) is 4.23. The molecule has 1 aromatic rings. The van der Waals surface area contributed by atoms with Crippen LogP contribution in [0.1, 0.15) is 11.1 Å². The molecule has 0 spiro atoms. The third-order valence-corrected chi connectivity index (χ3v) is 1.79. The minimum Gasteiger partial charge on any atom is -0.495 e. The average molecular weight is 202 g/mol. The van der Waals surface area contributed by atoms with Crippen molar-refractivity contribution in [3.05, 3.63) is 35.4 Å². The van der Waals surface area contributed by atoms with Crippen LogP contribution in [0.5, 0.6) is 5.75 Å². The Bertz CT molecular complexity index is 444. The largest absolute Gasteiger partial charge is 0.495 e. The quantitative estimate of drug-likeness (QED) is 0.744. The van der Waals surface area contributed by atoms with Crippen LogP contribution in [-0.2, 0) is 4.79 Å². The molecular formula is C11H10N2O2. The van der Waals surface area contributed by atoms with E-state index in [9.17, 15) is 4.79 Å². The minimum absolute atomic E-state index is 0.453. The number of methoxy groups -OCH3 is 1. The predicted octanol–water partition coefficient (Wildman–Crippen LogP) is 1.07. The van der Waals surface area contributed by atoms with Gasteiger partial charge < -0.3 is 10.5 Å². The van der Waals surface area contributed by atoms with Gasteiger partial charge in [0, 0.05) is 6.08 Å². The summed E-state index contributed by atoms with van der Waals surface area (Å²) in [4.78, 5) is 10.5. The van der Waals surface area contributed by atoms with Crippen LogP contribution in [0, 0.1) is 11.3 Å². The summed E-state index contributed by atoms with van der Waals surface area (Å²) in [6.45, 7) is 0. The molecular weight excluding hydrogens is 192 g/mol. The van der Waals surface area contributed by atoms with E-state index in [0.717, 1.165) is 5.56 Å². The lowest BCUT2D eigenvalue weighted by molar-refractivity contribution is -0.113. The topological polar surface area (TPSA) is 76.1 Å². The smallest absolute Gasteiger partial charge is 0.241 e. The van der Waals surface area contributed by atoms with Gasteiger partial charge in [-0.25, -0.2) is 0 Å². The number of nitrogens with zero attached hydrogens (tertiary/aromatic N) is 1. The van der Waals surface area contributed by atoms with Gasteiger partial charge in [-0.2, -0.15) is 5.26 Å². The van der Waals surface area contributed by atoms with Crippen molar-refractivity contribution in [1.82, 2.24) is 0 Å². The van der Waals surface area contributed by atoms with Gasteiger partial charge in [-0.1, -0.05) is 6.07 Å². The molecule has 0 aliphatic rings. The lowest BCUT2D eigenvalue weighted by Gasteiger charge is -2.02. The van der Waals surface area contributed by atoms with Crippen LogP contribution in [0.15, 0.2) is 24.3 Å². The second kappa shape index (κ2) is 4.82. The molecule has 1 rings (SSSR count). The van der Waals surface area contributed by atoms with Gasteiger partial charge in [0.15, 0.2) is 0 Å². The normalized spacial score (nSPS) is 9.87. The number of rotatable bonds is 3. The van der Waals surface area contributed by atoms with Crippen LogP contribution >= 0.6 is 0 Å². The van der Waals surface area contributed by atoms with E-state index in [-0.39, 0.29) is 0 Å². The van der Waals surface area contributed by atoms with Gasteiger partial charge in [0.05, 0.1) is 12.7 Å². The van der Waals surface area contributed by atoms with Crippen LogP contribution in [0.4, 0.5) is 0 Å². The number of hydrogen-bond donors (Lipinski definition) is 1. The molecule has 4 heteroatoms. The van der Waals surface area contributed by atoms with Gasteiger partial charge in [0.25, 0.3) is 0 Å².